The second-order valence-corrected chi connectivity index (χ2v) is 5.97. The molecule has 1 aromatic heterocycles. The van der Waals surface area contributed by atoms with Crippen molar-refractivity contribution in [1.82, 2.24) is 4.98 Å². The van der Waals surface area contributed by atoms with Gasteiger partial charge in [0.15, 0.2) is 5.13 Å². The maximum atomic E-state index is 6.24. The molecule has 2 aromatic rings. The Labute approximate surface area is 117 Å². The average Bonchev–Trinajstić information content (AvgIpc) is 2.65. The smallest absolute Gasteiger partial charge is 0.180 e. The topological polar surface area (TPSA) is 38.9 Å². The zero-order valence-corrected chi connectivity index (χ0v) is 12.2. The highest BCUT2D eigenvalue weighted by Crippen LogP contribution is 2.28. The Morgan fingerprint density at radius 2 is 2.17 bits per heavy atom. The third-order valence-corrected chi connectivity index (χ3v) is 4.13. The van der Waals surface area contributed by atoms with Crippen molar-refractivity contribution in [3.8, 4) is 0 Å². The summed E-state index contributed by atoms with van der Waals surface area (Å²) in [5.41, 5.74) is 9.30. The second-order valence-electron chi connectivity index (χ2n) is 4.44. The van der Waals surface area contributed by atoms with E-state index in [9.17, 15) is 0 Å². The first kappa shape index (κ1) is 13.4. The molecule has 0 amide bonds. The first-order chi connectivity index (χ1) is 8.60. The Hall–Kier alpha value is -1.06. The van der Waals surface area contributed by atoms with E-state index in [0.29, 0.717) is 5.13 Å². The fourth-order valence-corrected chi connectivity index (χ4v) is 3.07. The van der Waals surface area contributed by atoms with E-state index < -0.39 is 0 Å². The Bertz CT molecular complexity index is 549. The van der Waals surface area contributed by atoms with Crippen LogP contribution in [0.4, 0.5) is 5.13 Å². The van der Waals surface area contributed by atoms with E-state index in [0.717, 1.165) is 35.5 Å². The average molecular weight is 281 g/mol. The Kier molecular flexibility index (Phi) is 4.25. The van der Waals surface area contributed by atoms with Gasteiger partial charge < -0.3 is 5.73 Å². The molecule has 2 N–H and O–H groups in total. The molecule has 0 bridgehead atoms. The predicted octanol–water partition coefficient (Wildman–Crippen LogP) is 4.23. The molecule has 0 aliphatic carbocycles. The van der Waals surface area contributed by atoms with Crippen LogP contribution in [0.3, 0.4) is 0 Å². The maximum Gasteiger partial charge on any atom is 0.180 e. The number of aryl methyl sites for hydroxylation is 2. The van der Waals surface area contributed by atoms with E-state index in [1.54, 1.807) is 11.3 Å². The molecule has 96 valence electrons. The van der Waals surface area contributed by atoms with Crippen LogP contribution in [0.15, 0.2) is 18.2 Å². The van der Waals surface area contributed by atoms with Gasteiger partial charge in [0.1, 0.15) is 0 Å². The molecule has 4 heteroatoms. The molecule has 1 heterocycles. The number of anilines is 1. The number of hydrogen-bond donors (Lipinski definition) is 1. The van der Waals surface area contributed by atoms with Crippen molar-refractivity contribution >= 4 is 28.1 Å². The lowest BCUT2D eigenvalue weighted by Gasteiger charge is -2.05. The van der Waals surface area contributed by atoms with Crippen molar-refractivity contribution in [3.05, 3.63) is 44.9 Å². The van der Waals surface area contributed by atoms with E-state index in [-0.39, 0.29) is 0 Å². The van der Waals surface area contributed by atoms with Gasteiger partial charge in [-0.1, -0.05) is 42.6 Å². The van der Waals surface area contributed by atoms with Gasteiger partial charge in [-0.2, -0.15) is 0 Å². The van der Waals surface area contributed by atoms with Gasteiger partial charge in [-0.25, -0.2) is 4.98 Å². The van der Waals surface area contributed by atoms with Gasteiger partial charge in [0, 0.05) is 16.3 Å². The van der Waals surface area contributed by atoms with Crippen LogP contribution < -0.4 is 5.73 Å². The predicted molar refractivity (Wildman–Crippen MR) is 79.5 cm³/mol. The van der Waals surface area contributed by atoms with Crippen molar-refractivity contribution in [2.24, 2.45) is 0 Å². The summed E-state index contributed by atoms with van der Waals surface area (Å²) >= 11 is 7.81. The highest BCUT2D eigenvalue weighted by Gasteiger charge is 2.11. The van der Waals surface area contributed by atoms with E-state index in [4.69, 9.17) is 17.3 Å². The Morgan fingerprint density at radius 3 is 2.89 bits per heavy atom. The summed E-state index contributed by atoms with van der Waals surface area (Å²) in [5.74, 6) is 0. The highest BCUT2D eigenvalue weighted by molar-refractivity contribution is 7.15. The maximum absolute atomic E-state index is 6.24. The summed E-state index contributed by atoms with van der Waals surface area (Å²) in [6, 6.07) is 6.11. The lowest BCUT2D eigenvalue weighted by molar-refractivity contribution is 0.879. The molecule has 0 aliphatic heterocycles. The summed E-state index contributed by atoms with van der Waals surface area (Å²) in [5, 5.41) is 1.47. The zero-order chi connectivity index (χ0) is 13.1. The molecular formula is C14H17ClN2S. The van der Waals surface area contributed by atoms with Crippen LogP contribution in [0.5, 0.6) is 0 Å². The molecule has 0 spiro atoms. The minimum atomic E-state index is 0.650. The van der Waals surface area contributed by atoms with Crippen LogP contribution in [-0.2, 0) is 12.8 Å². The van der Waals surface area contributed by atoms with Gasteiger partial charge in [-0.05, 0) is 25.0 Å². The van der Waals surface area contributed by atoms with Crippen LogP contribution in [0.2, 0.25) is 5.02 Å². The normalized spacial score (nSPS) is 10.8. The summed E-state index contributed by atoms with van der Waals surface area (Å²) < 4.78 is 0. The van der Waals surface area contributed by atoms with E-state index >= 15 is 0 Å². The number of thiazole rings is 1. The van der Waals surface area contributed by atoms with E-state index in [2.05, 4.69) is 24.9 Å². The number of halogens is 1. The van der Waals surface area contributed by atoms with Gasteiger partial charge in [0.2, 0.25) is 0 Å². The van der Waals surface area contributed by atoms with Gasteiger partial charge in [0.05, 0.1) is 5.69 Å². The largest absolute Gasteiger partial charge is 0.375 e. The summed E-state index contributed by atoms with van der Waals surface area (Å²) in [6.07, 6.45) is 2.88. The van der Waals surface area contributed by atoms with Gasteiger partial charge in [-0.3, -0.25) is 0 Å². The molecule has 1 aromatic carbocycles. The van der Waals surface area contributed by atoms with Crippen LogP contribution in [0.25, 0.3) is 0 Å². The third kappa shape index (κ3) is 3.03. The summed E-state index contributed by atoms with van der Waals surface area (Å²) in [6.45, 7) is 4.23. The Balaban J connectivity index is 2.30. The minimum Gasteiger partial charge on any atom is -0.375 e. The lowest BCUT2D eigenvalue weighted by atomic mass is 10.1. The molecule has 2 nitrogen and oxygen atoms in total. The zero-order valence-electron chi connectivity index (χ0n) is 10.7. The van der Waals surface area contributed by atoms with E-state index in [1.165, 1.54) is 10.4 Å². The second kappa shape index (κ2) is 5.72. The van der Waals surface area contributed by atoms with Crippen molar-refractivity contribution < 1.29 is 0 Å². The molecule has 0 atom stereocenters. The van der Waals surface area contributed by atoms with Crippen molar-refractivity contribution in [1.29, 1.82) is 0 Å². The molecule has 0 fully saturated rings. The number of nitrogen functional groups attached to an aromatic ring is 1. The minimum absolute atomic E-state index is 0.650. The van der Waals surface area contributed by atoms with Crippen LogP contribution in [0.1, 0.15) is 35.0 Å². The fourth-order valence-electron chi connectivity index (χ4n) is 1.99. The molecule has 0 saturated carbocycles. The number of aromatic nitrogens is 1. The Morgan fingerprint density at radius 1 is 1.39 bits per heavy atom. The monoisotopic (exact) mass is 280 g/mol. The first-order valence-corrected chi connectivity index (χ1v) is 7.28. The molecule has 18 heavy (non-hydrogen) atoms. The van der Waals surface area contributed by atoms with Crippen molar-refractivity contribution in [3.63, 3.8) is 0 Å². The molecular weight excluding hydrogens is 264 g/mol. The number of nitrogens with two attached hydrogens (primary N) is 1. The highest BCUT2D eigenvalue weighted by atomic mass is 35.5. The SMILES string of the molecule is CCCc1nc(N)sc1Cc1cc(C)ccc1Cl. The molecule has 2 rings (SSSR count). The molecule has 0 aliphatic rings. The van der Waals surface area contributed by atoms with Crippen LogP contribution in [-0.4, -0.2) is 4.98 Å². The number of rotatable bonds is 4. The van der Waals surface area contributed by atoms with Crippen molar-refractivity contribution in [2.45, 2.75) is 33.1 Å². The quantitative estimate of drug-likeness (QED) is 0.910. The fraction of sp³-hybridized carbons (Fsp3) is 0.357. The lowest BCUT2D eigenvalue weighted by Crippen LogP contribution is -1.94. The number of benzene rings is 1. The summed E-state index contributed by atoms with van der Waals surface area (Å²) in [7, 11) is 0. The number of nitrogens with zero attached hydrogens (tertiary/aromatic N) is 1. The molecule has 0 radical (unpaired) electrons. The first-order valence-electron chi connectivity index (χ1n) is 6.09. The number of hydrogen-bond acceptors (Lipinski definition) is 3. The van der Waals surface area contributed by atoms with Crippen molar-refractivity contribution in [2.75, 3.05) is 5.73 Å². The van der Waals surface area contributed by atoms with Gasteiger partial charge >= 0.3 is 0 Å². The molecule has 0 unspecified atom stereocenters. The van der Waals surface area contributed by atoms with E-state index in [1.807, 2.05) is 12.1 Å². The summed E-state index contributed by atoms with van der Waals surface area (Å²) in [4.78, 5) is 5.64. The van der Waals surface area contributed by atoms with Gasteiger partial charge in [0.25, 0.3) is 0 Å². The third-order valence-electron chi connectivity index (χ3n) is 2.83. The van der Waals surface area contributed by atoms with Gasteiger partial charge in [-0.15, -0.1) is 11.3 Å². The molecule has 0 saturated heterocycles. The van der Waals surface area contributed by atoms with Crippen LogP contribution in [0, 0.1) is 6.92 Å². The van der Waals surface area contributed by atoms with Crippen LogP contribution >= 0.6 is 22.9 Å². The standard InChI is InChI=1S/C14H17ClN2S/c1-3-4-12-13(18-14(16)17-12)8-10-7-9(2)5-6-11(10)15/h5-7H,3-4,8H2,1-2H3,(H2,16,17).